The number of hydrogen-bond acceptors (Lipinski definition) is 3. The maximum Gasteiger partial charge on any atom is 0.119 e. The molecule has 1 N–H and O–H groups in total. The Morgan fingerprint density at radius 3 is 2.82 bits per heavy atom. The van der Waals surface area contributed by atoms with E-state index in [0.29, 0.717) is 0 Å². The van der Waals surface area contributed by atoms with Gasteiger partial charge in [-0.1, -0.05) is 23.7 Å². The standard InChI is InChI=1S/C13H16N2OS/c1-10-9-17-15(10)8-13(14-2)11-5-4-6-12(7-11)16-3/h4-9,14H,1-3H3/b13-8-. The van der Waals surface area contributed by atoms with Gasteiger partial charge >= 0.3 is 0 Å². The van der Waals surface area contributed by atoms with E-state index in [0.717, 1.165) is 17.0 Å². The zero-order chi connectivity index (χ0) is 12.3. The van der Waals surface area contributed by atoms with Gasteiger partial charge < -0.3 is 10.1 Å². The van der Waals surface area contributed by atoms with Gasteiger partial charge in [0, 0.05) is 29.9 Å². The molecule has 0 atom stereocenters. The van der Waals surface area contributed by atoms with E-state index in [1.807, 2.05) is 25.2 Å². The van der Waals surface area contributed by atoms with Crippen LogP contribution in [-0.4, -0.2) is 18.1 Å². The zero-order valence-corrected chi connectivity index (χ0v) is 11.0. The largest absolute Gasteiger partial charge is 0.497 e. The number of rotatable bonds is 4. The summed E-state index contributed by atoms with van der Waals surface area (Å²) >= 11 is 1.69. The lowest BCUT2D eigenvalue weighted by atomic mass is 10.1. The molecular weight excluding hydrogens is 232 g/mol. The van der Waals surface area contributed by atoms with Gasteiger partial charge in [-0.2, -0.15) is 0 Å². The summed E-state index contributed by atoms with van der Waals surface area (Å²) in [5.41, 5.74) is 3.45. The highest BCUT2D eigenvalue weighted by molar-refractivity contribution is 7.06. The van der Waals surface area contributed by atoms with Gasteiger partial charge in [0.2, 0.25) is 0 Å². The second-order valence-electron chi connectivity index (χ2n) is 3.72. The first-order chi connectivity index (χ1) is 8.24. The van der Waals surface area contributed by atoms with E-state index in [-0.39, 0.29) is 0 Å². The molecule has 0 bridgehead atoms. The van der Waals surface area contributed by atoms with Gasteiger partial charge in [-0.25, -0.2) is 0 Å². The third-order valence-corrected chi connectivity index (χ3v) is 3.65. The van der Waals surface area contributed by atoms with Gasteiger partial charge in [-0.15, -0.1) is 0 Å². The summed E-state index contributed by atoms with van der Waals surface area (Å²) in [4.78, 5) is 0. The quantitative estimate of drug-likeness (QED) is 0.900. The van der Waals surface area contributed by atoms with E-state index in [9.17, 15) is 0 Å². The molecule has 2 rings (SSSR count). The minimum Gasteiger partial charge on any atom is -0.497 e. The number of methoxy groups -OCH3 is 1. The average molecular weight is 248 g/mol. The second-order valence-corrected chi connectivity index (χ2v) is 4.56. The van der Waals surface area contributed by atoms with E-state index in [1.165, 1.54) is 5.69 Å². The number of nitrogens with zero attached hydrogens (tertiary/aromatic N) is 1. The Bertz CT molecular complexity index is 525. The first-order valence-electron chi connectivity index (χ1n) is 5.41. The normalized spacial score (nSPS) is 11.6. The second kappa shape index (κ2) is 5.10. The van der Waals surface area contributed by atoms with Crippen LogP contribution in [-0.2, 0) is 0 Å². The van der Waals surface area contributed by atoms with Crippen molar-refractivity contribution in [3.8, 4) is 5.75 Å². The fourth-order valence-corrected chi connectivity index (χ4v) is 2.15. The molecule has 1 aromatic carbocycles. The maximum absolute atomic E-state index is 5.23. The topological polar surface area (TPSA) is 26.2 Å². The Balaban J connectivity index is 2.33. The minimum atomic E-state index is 0.868. The monoisotopic (exact) mass is 248 g/mol. The van der Waals surface area contributed by atoms with Gasteiger partial charge in [-0.05, 0) is 19.1 Å². The van der Waals surface area contributed by atoms with E-state index in [2.05, 4.69) is 33.8 Å². The molecule has 2 aromatic rings. The van der Waals surface area contributed by atoms with Crippen LogP contribution < -0.4 is 10.1 Å². The van der Waals surface area contributed by atoms with Crippen molar-refractivity contribution in [1.29, 1.82) is 0 Å². The molecule has 3 nitrogen and oxygen atoms in total. The van der Waals surface area contributed by atoms with Crippen molar-refractivity contribution in [3.63, 3.8) is 0 Å². The summed E-state index contributed by atoms with van der Waals surface area (Å²) in [6.45, 7) is 2.09. The van der Waals surface area contributed by atoms with E-state index in [4.69, 9.17) is 4.74 Å². The summed E-state index contributed by atoms with van der Waals surface area (Å²) in [6.07, 6.45) is 2.09. The molecule has 1 heterocycles. The Labute approximate surface area is 105 Å². The number of aryl methyl sites for hydroxylation is 1. The van der Waals surface area contributed by atoms with Crippen LogP contribution in [0.2, 0.25) is 0 Å². The highest BCUT2D eigenvalue weighted by Gasteiger charge is 2.03. The summed E-state index contributed by atoms with van der Waals surface area (Å²) in [5, 5.41) is 5.33. The molecule has 0 radical (unpaired) electrons. The molecule has 17 heavy (non-hydrogen) atoms. The van der Waals surface area contributed by atoms with E-state index in [1.54, 1.807) is 18.6 Å². The molecule has 0 saturated heterocycles. The third-order valence-electron chi connectivity index (χ3n) is 2.58. The molecule has 0 saturated carbocycles. The average Bonchev–Trinajstić information content (AvgIpc) is 2.38. The lowest BCUT2D eigenvalue weighted by molar-refractivity contribution is 0.414. The predicted octanol–water partition coefficient (Wildman–Crippen LogP) is 3.04. The van der Waals surface area contributed by atoms with Crippen LogP contribution in [0.4, 0.5) is 0 Å². The summed E-state index contributed by atoms with van der Waals surface area (Å²) in [6, 6.07) is 8.02. The molecule has 0 amide bonds. The molecular formula is C13H16N2OS. The molecule has 90 valence electrons. The molecule has 0 spiro atoms. The van der Waals surface area contributed by atoms with Gasteiger partial charge in [0.15, 0.2) is 0 Å². The van der Waals surface area contributed by atoms with E-state index >= 15 is 0 Å². The van der Waals surface area contributed by atoms with Crippen LogP contribution in [0.25, 0.3) is 11.9 Å². The van der Waals surface area contributed by atoms with Crippen molar-refractivity contribution in [2.45, 2.75) is 6.92 Å². The highest BCUT2D eigenvalue weighted by Crippen LogP contribution is 2.21. The lowest BCUT2D eigenvalue weighted by Gasteiger charge is -2.12. The minimum absolute atomic E-state index is 0.868. The summed E-state index contributed by atoms with van der Waals surface area (Å²) in [7, 11) is 3.61. The van der Waals surface area contributed by atoms with E-state index < -0.39 is 0 Å². The predicted molar refractivity (Wildman–Crippen MR) is 73.3 cm³/mol. The van der Waals surface area contributed by atoms with Crippen LogP contribution in [0.15, 0.2) is 29.6 Å². The van der Waals surface area contributed by atoms with Crippen molar-refractivity contribution in [2.75, 3.05) is 14.2 Å². The molecule has 0 unspecified atom stereocenters. The van der Waals surface area contributed by atoms with Gasteiger partial charge in [-0.3, -0.25) is 3.96 Å². The smallest absolute Gasteiger partial charge is 0.119 e. The SMILES string of the molecule is CN/C(=C\n1scc1C)c1cccc(OC)c1. The molecule has 0 fully saturated rings. The van der Waals surface area contributed by atoms with Crippen LogP contribution in [0.3, 0.4) is 0 Å². The highest BCUT2D eigenvalue weighted by atomic mass is 32.1. The van der Waals surface area contributed by atoms with Crippen molar-refractivity contribution in [2.24, 2.45) is 0 Å². The lowest BCUT2D eigenvalue weighted by Crippen LogP contribution is -2.07. The van der Waals surface area contributed by atoms with Crippen molar-refractivity contribution < 1.29 is 4.74 Å². The van der Waals surface area contributed by atoms with Crippen LogP contribution in [0.1, 0.15) is 11.3 Å². The number of hydrogen-bond donors (Lipinski definition) is 1. The zero-order valence-electron chi connectivity index (χ0n) is 10.2. The number of benzene rings is 1. The fourth-order valence-electron chi connectivity index (χ4n) is 1.54. The molecule has 0 aliphatic rings. The third kappa shape index (κ3) is 2.53. The summed E-state index contributed by atoms with van der Waals surface area (Å²) in [5.74, 6) is 0.868. The van der Waals surface area contributed by atoms with Crippen molar-refractivity contribution in [1.82, 2.24) is 9.27 Å². The maximum atomic E-state index is 5.23. The molecule has 0 aliphatic carbocycles. The summed E-state index contributed by atoms with van der Waals surface area (Å²) < 4.78 is 7.36. The number of ether oxygens (including phenoxy) is 1. The molecule has 4 heteroatoms. The molecule has 1 aromatic heterocycles. The van der Waals surface area contributed by atoms with Gasteiger partial charge in [0.25, 0.3) is 0 Å². The van der Waals surface area contributed by atoms with Crippen molar-refractivity contribution in [3.05, 3.63) is 40.9 Å². The van der Waals surface area contributed by atoms with Crippen LogP contribution in [0.5, 0.6) is 5.75 Å². The Morgan fingerprint density at radius 1 is 1.47 bits per heavy atom. The Kier molecular flexibility index (Phi) is 3.54. The van der Waals surface area contributed by atoms with Gasteiger partial charge in [0.05, 0.1) is 12.8 Å². The first-order valence-corrected chi connectivity index (χ1v) is 6.25. The first kappa shape index (κ1) is 11.8. The van der Waals surface area contributed by atoms with Crippen molar-refractivity contribution >= 4 is 23.4 Å². The Morgan fingerprint density at radius 2 is 2.29 bits per heavy atom. The number of nitrogens with one attached hydrogen (secondary N) is 1. The Hall–Kier alpha value is -1.68. The fraction of sp³-hybridized carbons (Fsp3) is 0.231. The van der Waals surface area contributed by atoms with Crippen LogP contribution in [0, 0.1) is 6.92 Å². The molecule has 0 aliphatic heterocycles. The van der Waals surface area contributed by atoms with Gasteiger partial charge in [0.1, 0.15) is 5.75 Å². The number of aromatic nitrogens is 1. The van der Waals surface area contributed by atoms with Crippen LogP contribution >= 0.6 is 11.5 Å².